The summed E-state index contributed by atoms with van der Waals surface area (Å²) in [5.41, 5.74) is 3.86. The number of amides is 1. The van der Waals surface area contributed by atoms with E-state index in [0.717, 1.165) is 28.1 Å². The molecule has 0 atom stereocenters. The Kier molecular flexibility index (Phi) is 5.13. The number of rotatable bonds is 5. The van der Waals surface area contributed by atoms with Crippen molar-refractivity contribution in [3.63, 3.8) is 0 Å². The normalized spacial score (nSPS) is 14.2. The fraction of sp³-hybridized carbons (Fsp3) is 0.316. The molecule has 0 spiro atoms. The SMILES string of the molecule is COCCN1C(=O)COCc2ccc(-c3ccccc3OC)cc21. The summed E-state index contributed by atoms with van der Waals surface area (Å²) in [5.74, 6) is 0.750. The second-order valence-corrected chi connectivity index (χ2v) is 5.57. The van der Waals surface area contributed by atoms with Crippen LogP contribution in [0.1, 0.15) is 5.56 Å². The molecule has 3 rings (SSSR count). The maximum atomic E-state index is 12.4. The van der Waals surface area contributed by atoms with Gasteiger partial charge in [-0.1, -0.05) is 30.3 Å². The summed E-state index contributed by atoms with van der Waals surface area (Å²) in [6.07, 6.45) is 0. The molecular weight excluding hydrogens is 306 g/mol. The van der Waals surface area contributed by atoms with Crippen LogP contribution in [0.2, 0.25) is 0 Å². The number of nitrogens with zero attached hydrogens (tertiary/aromatic N) is 1. The van der Waals surface area contributed by atoms with E-state index >= 15 is 0 Å². The number of benzene rings is 2. The predicted octanol–water partition coefficient (Wildman–Crippen LogP) is 2.87. The highest BCUT2D eigenvalue weighted by atomic mass is 16.5. The number of ether oxygens (including phenoxy) is 3. The standard InChI is InChI=1S/C19H21NO4/c1-22-10-9-20-17-11-14(16-5-3-4-6-18(16)23-2)7-8-15(17)12-24-13-19(20)21/h3-8,11H,9-10,12-13H2,1-2H3. The van der Waals surface area contributed by atoms with Crippen molar-refractivity contribution in [2.75, 3.05) is 38.9 Å². The molecule has 5 heteroatoms. The van der Waals surface area contributed by atoms with Gasteiger partial charge in [0.05, 0.1) is 20.3 Å². The highest BCUT2D eigenvalue weighted by Gasteiger charge is 2.23. The van der Waals surface area contributed by atoms with Crippen LogP contribution in [0.3, 0.4) is 0 Å². The van der Waals surface area contributed by atoms with Gasteiger partial charge in [0.15, 0.2) is 0 Å². The molecule has 0 aromatic heterocycles. The van der Waals surface area contributed by atoms with E-state index in [2.05, 4.69) is 0 Å². The van der Waals surface area contributed by atoms with E-state index in [-0.39, 0.29) is 12.5 Å². The molecule has 24 heavy (non-hydrogen) atoms. The number of fused-ring (bicyclic) bond motifs is 1. The van der Waals surface area contributed by atoms with Crippen molar-refractivity contribution in [3.8, 4) is 16.9 Å². The van der Waals surface area contributed by atoms with E-state index in [9.17, 15) is 4.79 Å². The third kappa shape index (κ3) is 3.27. The quantitative estimate of drug-likeness (QED) is 0.847. The lowest BCUT2D eigenvalue weighted by Crippen LogP contribution is -2.35. The van der Waals surface area contributed by atoms with Gasteiger partial charge in [-0.3, -0.25) is 4.79 Å². The lowest BCUT2D eigenvalue weighted by molar-refractivity contribution is -0.123. The minimum atomic E-state index is -0.0528. The van der Waals surface area contributed by atoms with Crippen LogP contribution in [-0.2, 0) is 20.9 Å². The highest BCUT2D eigenvalue weighted by molar-refractivity contribution is 5.96. The molecule has 126 valence electrons. The zero-order valence-electron chi connectivity index (χ0n) is 14.0. The van der Waals surface area contributed by atoms with Gasteiger partial charge in [0.1, 0.15) is 12.4 Å². The monoisotopic (exact) mass is 327 g/mol. The average molecular weight is 327 g/mol. The predicted molar refractivity (Wildman–Crippen MR) is 92.3 cm³/mol. The lowest BCUT2D eigenvalue weighted by Gasteiger charge is -2.23. The van der Waals surface area contributed by atoms with Crippen LogP contribution in [0.4, 0.5) is 5.69 Å². The number of para-hydroxylation sites is 1. The third-order valence-electron chi connectivity index (χ3n) is 4.10. The Balaban J connectivity index is 2.05. The molecule has 0 aliphatic carbocycles. The van der Waals surface area contributed by atoms with Crippen LogP contribution in [0.15, 0.2) is 42.5 Å². The molecule has 0 saturated carbocycles. The van der Waals surface area contributed by atoms with Gasteiger partial charge in [0, 0.05) is 30.5 Å². The molecular formula is C19H21NO4. The number of carbonyl (C=O) groups is 1. The average Bonchev–Trinajstić information content (AvgIpc) is 2.77. The van der Waals surface area contributed by atoms with Crippen molar-refractivity contribution in [1.82, 2.24) is 0 Å². The van der Waals surface area contributed by atoms with Crippen molar-refractivity contribution in [2.24, 2.45) is 0 Å². The van der Waals surface area contributed by atoms with Crippen LogP contribution in [0.25, 0.3) is 11.1 Å². The highest BCUT2D eigenvalue weighted by Crippen LogP contribution is 2.34. The first kappa shape index (κ1) is 16.5. The van der Waals surface area contributed by atoms with Crippen molar-refractivity contribution in [3.05, 3.63) is 48.0 Å². The van der Waals surface area contributed by atoms with Crippen LogP contribution in [0, 0.1) is 0 Å². The summed E-state index contributed by atoms with van der Waals surface area (Å²) in [4.78, 5) is 14.1. The van der Waals surface area contributed by atoms with E-state index < -0.39 is 0 Å². The van der Waals surface area contributed by atoms with Crippen LogP contribution < -0.4 is 9.64 Å². The third-order valence-corrected chi connectivity index (χ3v) is 4.10. The Morgan fingerprint density at radius 2 is 1.96 bits per heavy atom. The minimum Gasteiger partial charge on any atom is -0.496 e. The van der Waals surface area contributed by atoms with E-state index in [1.165, 1.54) is 0 Å². The van der Waals surface area contributed by atoms with E-state index in [1.54, 1.807) is 19.1 Å². The Morgan fingerprint density at radius 3 is 2.75 bits per heavy atom. The summed E-state index contributed by atoms with van der Waals surface area (Å²) >= 11 is 0. The van der Waals surface area contributed by atoms with Gasteiger partial charge in [-0.25, -0.2) is 0 Å². The molecule has 2 aromatic carbocycles. The molecule has 0 N–H and O–H groups in total. The van der Waals surface area contributed by atoms with Crippen LogP contribution in [-0.4, -0.2) is 39.9 Å². The largest absolute Gasteiger partial charge is 0.496 e. The van der Waals surface area contributed by atoms with Crippen LogP contribution >= 0.6 is 0 Å². The molecule has 1 amide bonds. The molecule has 0 unspecified atom stereocenters. The molecule has 1 aliphatic heterocycles. The molecule has 1 aliphatic rings. The first-order valence-electron chi connectivity index (χ1n) is 7.88. The van der Waals surface area contributed by atoms with E-state index in [1.807, 2.05) is 42.5 Å². The first-order chi connectivity index (χ1) is 11.7. The second kappa shape index (κ2) is 7.47. The van der Waals surface area contributed by atoms with Crippen molar-refractivity contribution in [1.29, 1.82) is 0 Å². The van der Waals surface area contributed by atoms with Crippen LogP contribution in [0.5, 0.6) is 5.75 Å². The van der Waals surface area contributed by atoms with Gasteiger partial charge in [-0.2, -0.15) is 0 Å². The number of anilines is 1. The van der Waals surface area contributed by atoms with E-state index in [0.29, 0.717) is 19.8 Å². The Bertz CT molecular complexity index is 729. The fourth-order valence-corrected chi connectivity index (χ4v) is 2.88. The summed E-state index contributed by atoms with van der Waals surface area (Å²) in [5, 5.41) is 0. The zero-order valence-corrected chi connectivity index (χ0v) is 14.0. The maximum absolute atomic E-state index is 12.4. The first-order valence-corrected chi connectivity index (χ1v) is 7.88. The Labute approximate surface area is 141 Å². The summed E-state index contributed by atoms with van der Waals surface area (Å²) in [6, 6.07) is 13.9. The molecule has 0 radical (unpaired) electrons. The summed E-state index contributed by atoms with van der Waals surface area (Å²) in [6.45, 7) is 1.49. The minimum absolute atomic E-state index is 0.0528. The molecule has 2 aromatic rings. The fourth-order valence-electron chi connectivity index (χ4n) is 2.88. The topological polar surface area (TPSA) is 48.0 Å². The van der Waals surface area contributed by atoms with Gasteiger partial charge in [-0.15, -0.1) is 0 Å². The van der Waals surface area contributed by atoms with Gasteiger partial charge >= 0.3 is 0 Å². The van der Waals surface area contributed by atoms with E-state index in [4.69, 9.17) is 14.2 Å². The number of carbonyl (C=O) groups excluding carboxylic acids is 1. The Hall–Kier alpha value is -2.37. The molecule has 5 nitrogen and oxygen atoms in total. The smallest absolute Gasteiger partial charge is 0.253 e. The summed E-state index contributed by atoms with van der Waals surface area (Å²) < 4.78 is 16.1. The number of hydrogen-bond acceptors (Lipinski definition) is 4. The summed E-state index contributed by atoms with van der Waals surface area (Å²) in [7, 11) is 3.29. The second-order valence-electron chi connectivity index (χ2n) is 5.57. The molecule has 0 bridgehead atoms. The van der Waals surface area contributed by atoms with Crippen molar-refractivity contribution in [2.45, 2.75) is 6.61 Å². The maximum Gasteiger partial charge on any atom is 0.253 e. The molecule has 0 fully saturated rings. The Morgan fingerprint density at radius 1 is 1.12 bits per heavy atom. The van der Waals surface area contributed by atoms with Gasteiger partial charge in [0.25, 0.3) is 5.91 Å². The van der Waals surface area contributed by atoms with Crippen molar-refractivity contribution < 1.29 is 19.0 Å². The van der Waals surface area contributed by atoms with Crippen molar-refractivity contribution >= 4 is 11.6 Å². The van der Waals surface area contributed by atoms with Gasteiger partial charge < -0.3 is 19.1 Å². The molecule has 1 heterocycles. The number of hydrogen-bond donors (Lipinski definition) is 0. The number of methoxy groups -OCH3 is 2. The lowest BCUT2D eigenvalue weighted by atomic mass is 10.0. The zero-order chi connectivity index (χ0) is 16.9. The van der Waals surface area contributed by atoms with Gasteiger partial charge in [-0.05, 0) is 17.7 Å². The van der Waals surface area contributed by atoms with Gasteiger partial charge in [0.2, 0.25) is 0 Å². The molecule has 0 saturated heterocycles.